The maximum absolute atomic E-state index is 12.9. The third-order valence-corrected chi connectivity index (χ3v) is 4.47. The summed E-state index contributed by atoms with van der Waals surface area (Å²) in [7, 11) is 0. The molecular formula is C16H21ClF3N. The molecule has 0 spiro atoms. The van der Waals surface area contributed by atoms with Crippen molar-refractivity contribution in [2.45, 2.75) is 57.3 Å². The van der Waals surface area contributed by atoms with Gasteiger partial charge in [0.1, 0.15) is 0 Å². The summed E-state index contributed by atoms with van der Waals surface area (Å²) in [6, 6.07) is 7.51. The highest BCUT2D eigenvalue weighted by molar-refractivity contribution is 6.30. The summed E-state index contributed by atoms with van der Waals surface area (Å²) in [6.07, 6.45) is -1.36. The molecule has 0 bridgehead atoms. The van der Waals surface area contributed by atoms with Crippen molar-refractivity contribution in [3.63, 3.8) is 0 Å². The molecule has 2 rings (SSSR count). The second kappa shape index (κ2) is 7.01. The molecule has 0 amide bonds. The van der Waals surface area contributed by atoms with Gasteiger partial charge in [0.25, 0.3) is 0 Å². The first-order valence-electron chi connectivity index (χ1n) is 7.48. The minimum Gasteiger partial charge on any atom is -0.307 e. The third-order valence-electron chi connectivity index (χ3n) is 4.23. The highest BCUT2D eigenvalue weighted by atomic mass is 35.5. The minimum atomic E-state index is -4.07. The Bertz CT molecular complexity index is 461. The van der Waals surface area contributed by atoms with E-state index in [4.69, 9.17) is 11.6 Å². The van der Waals surface area contributed by atoms with Gasteiger partial charge in [-0.3, -0.25) is 0 Å². The predicted octanol–water partition coefficient (Wildman–Crippen LogP) is 5.50. The molecule has 1 aliphatic carbocycles. The van der Waals surface area contributed by atoms with Crippen molar-refractivity contribution in [3.8, 4) is 0 Å². The van der Waals surface area contributed by atoms with E-state index in [0.717, 1.165) is 18.4 Å². The molecule has 0 saturated heterocycles. The van der Waals surface area contributed by atoms with Crippen LogP contribution in [0.25, 0.3) is 0 Å². The number of hydrogen-bond acceptors (Lipinski definition) is 1. The highest BCUT2D eigenvalue weighted by Crippen LogP contribution is 2.38. The van der Waals surface area contributed by atoms with Crippen molar-refractivity contribution in [1.29, 1.82) is 0 Å². The average molecular weight is 320 g/mol. The molecule has 0 aromatic heterocycles. The number of alkyl halides is 3. The minimum absolute atomic E-state index is 0.0562. The molecule has 118 valence electrons. The molecule has 3 atom stereocenters. The lowest BCUT2D eigenvalue weighted by atomic mass is 9.84. The van der Waals surface area contributed by atoms with Crippen LogP contribution in [0.15, 0.2) is 24.3 Å². The largest absolute Gasteiger partial charge is 0.391 e. The molecule has 1 aromatic carbocycles. The Hall–Kier alpha value is -0.740. The molecule has 1 saturated carbocycles. The average Bonchev–Trinajstić information content (AvgIpc) is 2.44. The molecule has 0 aliphatic heterocycles. The second-order valence-corrected chi connectivity index (χ2v) is 6.22. The number of nitrogens with one attached hydrogen (secondary N) is 1. The van der Waals surface area contributed by atoms with E-state index in [1.54, 1.807) is 6.07 Å². The predicted molar refractivity (Wildman–Crippen MR) is 79.4 cm³/mol. The molecule has 1 fully saturated rings. The summed E-state index contributed by atoms with van der Waals surface area (Å²) in [6.45, 7) is 2.03. The maximum Gasteiger partial charge on any atom is 0.391 e. The van der Waals surface area contributed by atoms with Crippen molar-refractivity contribution in [3.05, 3.63) is 34.9 Å². The quantitative estimate of drug-likeness (QED) is 0.772. The first-order chi connectivity index (χ1) is 9.90. The highest BCUT2D eigenvalue weighted by Gasteiger charge is 2.42. The Morgan fingerprint density at radius 1 is 1.33 bits per heavy atom. The van der Waals surface area contributed by atoms with Crippen molar-refractivity contribution in [2.75, 3.05) is 0 Å². The Kier molecular flexibility index (Phi) is 5.55. The fourth-order valence-corrected chi connectivity index (χ4v) is 3.29. The van der Waals surface area contributed by atoms with E-state index in [1.165, 1.54) is 0 Å². The van der Waals surface area contributed by atoms with Gasteiger partial charge in [0.15, 0.2) is 0 Å². The molecule has 1 N–H and O–H groups in total. The summed E-state index contributed by atoms with van der Waals surface area (Å²) >= 11 is 6.00. The van der Waals surface area contributed by atoms with E-state index >= 15 is 0 Å². The van der Waals surface area contributed by atoms with Crippen LogP contribution in [-0.4, -0.2) is 12.2 Å². The Balaban J connectivity index is 2.01. The number of benzene rings is 1. The third kappa shape index (κ3) is 4.62. The van der Waals surface area contributed by atoms with Crippen LogP contribution in [0.4, 0.5) is 13.2 Å². The van der Waals surface area contributed by atoms with Crippen LogP contribution < -0.4 is 5.32 Å². The summed E-state index contributed by atoms with van der Waals surface area (Å²) < 4.78 is 38.6. The lowest BCUT2D eigenvalue weighted by molar-refractivity contribution is -0.183. The van der Waals surface area contributed by atoms with Gasteiger partial charge in [-0.15, -0.1) is 0 Å². The van der Waals surface area contributed by atoms with E-state index in [9.17, 15) is 13.2 Å². The zero-order valence-electron chi connectivity index (χ0n) is 12.1. The van der Waals surface area contributed by atoms with Gasteiger partial charge in [0.05, 0.1) is 5.92 Å². The van der Waals surface area contributed by atoms with Crippen LogP contribution in [0.1, 0.15) is 50.6 Å². The van der Waals surface area contributed by atoms with E-state index in [-0.39, 0.29) is 24.9 Å². The van der Waals surface area contributed by atoms with Crippen LogP contribution in [0.3, 0.4) is 0 Å². The second-order valence-electron chi connectivity index (χ2n) is 5.78. The Morgan fingerprint density at radius 3 is 2.71 bits per heavy atom. The first kappa shape index (κ1) is 16.6. The lowest BCUT2D eigenvalue weighted by Gasteiger charge is -2.33. The maximum atomic E-state index is 12.9. The van der Waals surface area contributed by atoms with E-state index < -0.39 is 12.1 Å². The summed E-state index contributed by atoms with van der Waals surface area (Å²) in [5, 5.41) is 4.05. The number of rotatable bonds is 4. The van der Waals surface area contributed by atoms with Gasteiger partial charge in [-0.05, 0) is 43.4 Å². The van der Waals surface area contributed by atoms with Crippen LogP contribution >= 0.6 is 11.6 Å². The van der Waals surface area contributed by atoms with Gasteiger partial charge in [-0.25, -0.2) is 0 Å². The first-order valence-corrected chi connectivity index (χ1v) is 7.86. The Labute approximate surface area is 128 Å². The van der Waals surface area contributed by atoms with E-state index in [0.29, 0.717) is 11.4 Å². The molecule has 3 unspecified atom stereocenters. The fraction of sp³-hybridized carbons (Fsp3) is 0.625. The van der Waals surface area contributed by atoms with E-state index in [1.807, 2.05) is 25.1 Å². The molecule has 0 heterocycles. The van der Waals surface area contributed by atoms with Crippen molar-refractivity contribution < 1.29 is 13.2 Å². The van der Waals surface area contributed by atoms with Crippen LogP contribution in [0.5, 0.6) is 0 Å². The van der Waals surface area contributed by atoms with Gasteiger partial charge in [-0.2, -0.15) is 13.2 Å². The van der Waals surface area contributed by atoms with Gasteiger partial charge in [-0.1, -0.05) is 37.1 Å². The smallest absolute Gasteiger partial charge is 0.307 e. The molecule has 1 aliphatic rings. The molecule has 21 heavy (non-hydrogen) atoms. The molecule has 1 nitrogen and oxygen atoms in total. The number of hydrogen-bond donors (Lipinski definition) is 1. The van der Waals surface area contributed by atoms with Crippen molar-refractivity contribution in [2.24, 2.45) is 5.92 Å². The molecular weight excluding hydrogens is 299 g/mol. The number of halogens is 4. The van der Waals surface area contributed by atoms with Gasteiger partial charge >= 0.3 is 6.18 Å². The van der Waals surface area contributed by atoms with Crippen LogP contribution in [-0.2, 0) is 0 Å². The molecule has 5 heteroatoms. The SMILES string of the molecule is CCC(NC1CCCC(C(F)(F)F)C1)c1cccc(Cl)c1. The summed E-state index contributed by atoms with van der Waals surface area (Å²) in [4.78, 5) is 0. The normalized spacial score (nSPS) is 24.8. The van der Waals surface area contributed by atoms with Gasteiger partial charge in [0, 0.05) is 17.1 Å². The Morgan fingerprint density at radius 2 is 2.10 bits per heavy atom. The van der Waals surface area contributed by atoms with Gasteiger partial charge < -0.3 is 5.32 Å². The fourth-order valence-electron chi connectivity index (χ4n) is 3.10. The van der Waals surface area contributed by atoms with E-state index in [2.05, 4.69) is 5.32 Å². The monoisotopic (exact) mass is 319 g/mol. The zero-order valence-corrected chi connectivity index (χ0v) is 12.8. The van der Waals surface area contributed by atoms with Crippen molar-refractivity contribution in [1.82, 2.24) is 5.32 Å². The standard InChI is InChI=1S/C16H21ClF3N/c1-2-15(11-5-3-7-13(17)9-11)21-14-8-4-6-12(10-14)16(18,19)20/h3,5,7,9,12,14-15,21H,2,4,6,8,10H2,1H3. The summed E-state index contributed by atoms with van der Waals surface area (Å²) in [5.74, 6) is -1.17. The van der Waals surface area contributed by atoms with Crippen LogP contribution in [0.2, 0.25) is 5.02 Å². The summed E-state index contributed by atoms with van der Waals surface area (Å²) in [5.41, 5.74) is 1.04. The molecule has 0 radical (unpaired) electrons. The topological polar surface area (TPSA) is 12.0 Å². The lowest BCUT2D eigenvalue weighted by Crippen LogP contribution is -2.40. The van der Waals surface area contributed by atoms with Gasteiger partial charge in [0.2, 0.25) is 0 Å². The zero-order chi connectivity index (χ0) is 15.5. The van der Waals surface area contributed by atoms with Crippen LogP contribution in [0, 0.1) is 5.92 Å². The molecule has 1 aromatic rings. The van der Waals surface area contributed by atoms with Crippen molar-refractivity contribution >= 4 is 11.6 Å².